The predicted molar refractivity (Wildman–Crippen MR) is 118 cm³/mol. The first-order chi connectivity index (χ1) is 13.9. The number of anilines is 1. The number of carbonyl (C=O) groups excluding carboxylic acids is 2. The molecule has 0 aliphatic carbocycles. The van der Waals surface area contributed by atoms with E-state index in [2.05, 4.69) is 28.0 Å². The van der Waals surface area contributed by atoms with Crippen LogP contribution >= 0.6 is 0 Å². The molecule has 0 saturated heterocycles. The van der Waals surface area contributed by atoms with Crippen LogP contribution in [-0.2, 0) is 4.79 Å². The second-order valence-electron chi connectivity index (χ2n) is 7.42. The highest BCUT2D eigenvalue weighted by Crippen LogP contribution is 2.16. The topological polar surface area (TPSA) is 70.6 Å². The van der Waals surface area contributed by atoms with E-state index in [0.29, 0.717) is 23.6 Å². The van der Waals surface area contributed by atoms with E-state index in [0.717, 1.165) is 22.0 Å². The van der Waals surface area contributed by atoms with Gasteiger partial charge in [-0.3, -0.25) is 9.59 Å². The summed E-state index contributed by atoms with van der Waals surface area (Å²) in [4.78, 5) is 24.2. The Kier molecular flexibility index (Phi) is 6.39. The Morgan fingerprint density at radius 1 is 0.897 bits per heavy atom. The fourth-order valence-electron chi connectivity index (χ4n) is 2.97. The van der Waals surface area contributed by atoms with Crippen molar-refractivity contribution in [3.8, 4) is 0 Å². The molecular formula is C24H25N3O2. The summed E-state index contributed by atoms with van der Waals surface area (Å²) >= 11 is 0. The average molecular weight is 387 g/mol. The van der Waals surface area contributed by atoms with E-state index in [1.165, 1.54) is 0 Å². The molecule has 148 valence electrons. The van der Waals surface area contributed by atoms with Crippen molar-refractivity contribution in [2.45, 2.75) is 27.2 Å². The molecule has 0 fully saturated rings. The van der Waals surface area contributed by atoms with E-state index < -0.39 is 0 Å². The van der Waals surface area contributed by atoms with Gasteiger partial charge in [0.1, 0.15) is 0 Å². The molecule has 2 amide bonds. The smallest absolute Gasteiger partial charge is 0.271 e. The molecule has 5 heteroatoms. The number of benzene rings is 3. The van der Waals surface area contributed by atoms with Gasteiger partial charge >= 0.3 is 0 Å². The molecule has 2 N–H and O–H groups in total. The van der Waals surface area contributed by atoms with E-state index in [4.69, 9.17) is 0 Å². The van der Waals surface area contributed by atoms with Gasteiger partial charge in [0, 0.05) is 17.7 Å². The second-order valence-corrected chi connectivity index (χ2v) is 7.42. The second kappa shape index (κ2) is 9.15. The van der Waals surface area contributed by atoms with Gasteiger partial charge in [0.25, 0.3) is 5.91 Å². The van der Waals surface area contributed by atoms with Crippen LogP contribution < -0.4 is 10.7 Å². The highest BCUT2D eigenvalue weighted by atomic mass is 16.2. The monoisotopic (exact) mass is 387 g/mol. The molecule has 0 unspecified atom stereocenters. The van der Waals surface area contributed by atoms with Gasteiger partial charge in [-0.25, -0.2) is 5.43 Å². The normalized spacial score (nSPS) is 11.5. The summed E-state index contributed by atoms with van der Waals surface area (Å²) in [5.41, 5.74) is 5.41. The molecule has 0 bridgehead atoms. The van der Waals surface area contributed by atoms with Gasteiger partial charge in [-0.2, -0.15) is 5.10 Å². The Bertz CT molecular complexity index is 1050. The highest BCUT2D eigenvalue weighted by Gasteiger charge is 2.08. The minimum atomic E-state index is -0.301. The molecule has 0 spiro atoms. The van der Waals surface area contributed by atoms with Crippen molar-refractivity contribution in [1.29, 1.82) is 0 Å². The van der Waals surface area contributed by atoms with E-state index in [1.807, 2.05) is 51.1 Å². The van der Waals surface area contributed by atoms with Crippen LogP contribution in [0.5, 0.6) is 0 Å². The molecule has 5 nitrogen and oxygen atoms in total. The van der Waals surface area contributed by atoms with Crippen LogP contribution in [0.15, 0.2) is 71.8 Å². The number of nitrogens with zero attached hydrogens (tertiary/aromatic N) is 1. The molecule has 0 aromatic heterocycles. The molecule has 29 heavy (non-hydrogen) atoms. The maximum Gasteiger partial charge on any atom is 0.271 e. The lowest BCUT2D eigenvalue weighted by molar-refractivity contribution is -0.116. The van der Waals surface area contributed by atoms with Gasteiger partial charge in [0.15, 0.2) is 0 Å². The summed E-state index contributed by atoms with van der Waals surface area (Å²) < 4.78 is 0. The van der Waals surface area contributed by atoms with Gasteiger partial charge in [-0.15, -0.1) is 0 Å². The number of rotatable bonds is 6. The number of amides is 2. The zero-order chi connectivity index (χ0) is 20.8. The molecule has 0 heterocycles. The van der Waals surface area contributed by atoms with Crippen molar-refractivity contribution in [2.75, 3.05) is 5.32 Å². The van der Waals surface area contributed by atoms with Crippen LogP contribution in [0.25, 0.3) is 10.8 Å². The molecule has 3 aromatic rings. The third kappa shape index (κ3) is 5.51. The summed E-state index contributed by atoms with van der Waals surface area (Å²) in [7, 11) is 0. The lowest BCUT2D eigenvalue weighted by Gasteiger charge is -2.08. The minimum absolute atomic E-state index is 0.0344. The molecule has 3 aromatic carbocycles. The van der Waals surface area contributed by atoms with Gasteiger partial charge in [-0.1, -0.05) is 50.2 Å². The first-order valence-corrected chi connectivity index (χ1v) is 9.66. The molecule has 0 radical (unpaired) electrons. The minimum Gasteiger partial charge on any atom is -0.326 e. The van der Waals surface area contributed by atoms with Crippen molar-refractivity contribution >= 4 is 34.0 Å². The Labute approximate surface area is 170 Å². The zero-order valence-electron chi connectivity index (χ0n) is 16.9. The molecule has 0 aliphatic heterocycles. The number of nitrogens with one attached hydrogen (secondary N) is 2. The van der Waals surface area contributed by atoms with Crippen molar-refractivity contribution in [3.05, 3.63) is 77.9 Å². The van der Waals surface area contributed by atoms with Crippen LogP contribution in [0, 0.1) is 5.92 Å². The number of fused-ring (bicyclic) bond motifs is 1. The summed E-state index contributed by atoms with van der Waals surface area (Å²) in [5.74, 6) is -0.0400. The quantitative estimate of drug-likeness (QED) is 0.463. The highest BCUT2D eigenvalue weighted by molar-refractivity contribution is 6.03. The average Bonchev–Trinajstić information content (AvgIpc) is 2.71. The Morgan fingerprint density at radius 2 is 1.55 bits per heavy atom. The third-order valence-corrected chi connectivity index (χ3v) is 4.52. The van der Waals surface area contributed by atoms with Gasteiger partial charge in [-0.05, 0) is 59.5 Å². The van der Waals surface area contributed by atoms with Crippen LogP contribution in [0.1, 0.15) is 43.1 Å². The Hall–Kier alpha value is -3.47. The largest absolute Gasteiger partial charge is 0.326 e. The fourth-order valence-corrected chi connectivity index (χ4v) is 2.97. The third-order valence-electron chi connectivity index (χ3n) is 4.52. The summed E-state index contributed by atoms with van der Waals surface area (Å²) in [6.45, 7) is 5.85. The van der Waals surface area contributed by atoms with Crippen LogP contribution in [0.3, 0.4) is 0 Å². The van der Waals surface area contributed by atoms with E-state index >= 15 is 0 Å². The Morgan fingerprint density at radius 3 is 2.24 bits per heavy atom. The first-order valence-electron chi connectivity index (χ1n) is 9.66. The maximum absolute atomic E-state index is 12.4. The molecule has 0 saturated carbocycles. The molecular weight excluding hydrogens is 362 g/mol. The van der Waals surface area contributed by atoms with Gasteiger partial charge in [0.05, 0.1) is 5.71 Å². The molecule has 0 atom stereocenters. The van der Waals surface area contributed by atoms with Crippen LogP contribution in [0.2, 0.25) is 0 Å². The van der Waals surface area contributed by atoms with Crippen LogP contribution in [0.4, 0.5) is 5.69 Å². The lowest BCUT2D eigenvalue weighted by Crippen LogP contribution is -2.19. The van der Waals surface area contributed by atoms with Crippen molar-refractivity contribution in [2.24, 2.45) is 11.0 Å². The van der Waals surface area contributed by atoms with Crippen molar-refractivity contribution < 1.29 is 9.59 Å². The summed E-state index contributed by atoms with van der Waals surface area (Å²) in [6, 6.07) is 20.9. The van der Waals surface area contributed by atoms with Crippen LogP contribution in [-0.4, -0.2) is 17.5 Å². The van der Waals surface area contributed by atoms with E-state index in [9.17, 15) is 9.59 Å². The van der Waals surface area contributed by atoms with Crippen molar-refractivity contribution in [1.82, 2.24) is 5.43 Å². The van der Waals surface area contributed by atoms with Gasteiger partial charge < -0.3 is 5.32 Å². The maximum atomic E-state index is 12.4. The predicted octanol–water partition coefficient (Wildman–Crippen LogP) is 4.98. The zero-order valence-corrected chi connectivity index (χ0v) is 16.9. The van der Waals surface area contributed by atoms with E-state index in [1.54, 1.807) is 24.3 Å². The van der Waals surface area contributed by atoms with E-state index in [-0.39, 0.29) is 11.8 Å². The lowest BCUT2D eigenvalue weighted by atomic mass is 10.0. The number of hydrogen-bond donors (Lipinski definition) is 2. The first kappa shape index (κ1) is 20.3. The SMILES string of the molecule is C/C(=N\NC(=O)c1ccc(NC(=O)CC(C)C)cc1)c1ccc2ccccc2c1. The standard InChI is InChI=1S/C24H25N3O2/c1-16(2)14-23(28)25-22-12-10-19(11-13-22)24(29)27-26-17(3)20-9-8-18-6-4-5-7-21(18)15-20/h4-13,15-16H,14H2,1-3H3,(H,25,28)(H,27,29)/b26-17+. The molecule has 3 rings (SSSR count). The fraction of sp³-hybridized carbons (Fsp3) is 0.208. The Balaban J connectivity index is 1.63. The summed E-state index contributed by atoms with van der Waals surface area (Å²) in [6.07, 6.45) is 0.463. The van der Waals surface area contributed by atoms with Crippen molar-refractivity contribution in [3.63, 3.8) is 0 Å². The number of carbonyl (C=O) groups is 2. The summed E-state index contributed by atoms with van der Waals surface area (Å²) in [5, 5.41) is 9.34. The molecule has 0 aliphatic rings. The number of hydrazone groups is 1. The number of hydrogen-bond acceptors (Lipinski definition) is 3. The van der Waals surface area contributed by atoms with Gasteiger partial charge in [0.2, 0.25) is 5.91 Å².